The van der Waals surface area contributed by atoms with Gasteiger partial charge in [0, 0.05) is 19.3 Å². The summed E-state index contributed by atoms with van der Waals surface area (Å²) in [6.45, 7) is 3.15. The number of aromatic nitrogens is 1. The number of pyridine rings is 1. The molecule has 2 N–H and O–H groups in total. The standard InChI is InChI=1S/C11H16FN3O2S/c1-11(7-13)2-3-15(8-11)18(16,17)10-4-9(12)5-14-6-10/h4-6H,2-3,7-8,13H2,1H3. The Morgan fingerprint density at radius 3 is 2.83 bits per heavy atom. The maximum absolute atomic E-state index is 13.0. The Bertz CT molecular complexity index is 549. The van der Waals surface area contributed by atoms with Crippen LogP contribution in [0.15, 0.2) is 23.4 Å². The van der Waals surface area contributed by atoms with E-state index in [-0.39, 0.29) is 10.3 Å². The Morgan fingerprint density at radius 1 is 1.56 bits per heavy atom. The Labute approximate surface area is 106 Å². The molecule has 0 spiro atoms. The first kappa shape index (κ1) is 13.4. The highest BCUT2D eigenvalue weighted by molar-refractivity contribution is 7.89. The molecule has 1 unspecified atom stereocenters. The summed E-state index contributed by atoms with van der Waals surface area (Å²) >= 11 is 0. The topological polar surface area (TPSA) is 76.3 Å². The van der Waals surface area contributed by atoms with E-state index >= 15 is 0 Å². The van der Waals surface area contributed by atoms with Gasteiger partial charge in [0.2, 0.25) is 10.0 Å². The lowest BCUT2D eigenvalue weighted by molar-refractivity contribution is 0.349. The van der Waals surface area contributed by atoms with E-state index in [0.29, 0.717) is 26.1 Å². The minimum atomic E-state index is -3.67. The van der Waals surface area contributed by atoms with Gasteiger partial charge in [-0.15, -0.1) is 0 Å². The van der Waals surface area contributed by atoms with Crippen LogP contribution in [0.25, 0.3) is 0 Å². The molecule has 0 saturated carbocycles. The summed E-state index contributed by atoms with van der Waals surface area (Å²) in [6, 6.07) is 0.987. The summed E-state index contributed by atoms with van der Waals surface area (Å²) in [6.07, 6.45) is 2.86. The monoisotopic (exact) mass is 273 g/mol. The van der Waals surface area contributed by atoms with Crippen LogP contribution in [-0.2, 0) is 10.0 Å². The summed E-state index contributed by atoms with van der Waals surface area (Å²) in [4.78, 5) is 3.47. The van der Waals surface area contributed by atoms with E-state index in [1.807, 2.05) is 6.92 Å². The summed E-state index contributed by atoms with van der Waals surface area (Å²) in [5.41, 5.74) is 5.44. The molecular formula is C11H16FN3O2S. The minimum absolute atomic E-state index is 0.108. The van der Waals surface area contributed by atoms with E-state index in [0.717, 1.165) is 18.5 Å². The Hall–Kier alpha value is -1.05. The van der Waals surface area contributed by atoms with E-state index < -0.39 is 15.8 Å². The zero-order valence-corrected chi connectivity index (χ0v) is 11.0. The molecule has 0 aromatic carbocycles. The third-order valence-electron chi connectivity index (χ3n) is 3.33. The fraction of sp³-hybridized carbons (Fsp3) is 0.545. The fourth-order valence-electron chi connectivity index (χ4n) is 2.03. The SMILES string of the molecule is CC1(CN)CCN(S(=O)(=O)c2cncc(F)c2)C1. The van der Waals surface area contributed by atoms with Crippen molar-refractivity contribution in [3.63, 3.8) is 0 Å². The average molecular weight is 273 g/mol. The average Bonchev–Trinajstić information content (AvgIpc) is 2.73. The number of halogens is 1. The van der Waals surface area contributed by atoms with Crippen LogP contribution >= 0.6 is 0 Å². The molecule has 0 aliphatic carbocycles. The van der Waals surface area contributed by atoms with Gasteiger partial charge in [0.15, 0.2) is 0 Å². The van der Waals surface area contributed by atoms with Crippen LogP contribution < -0.4 is 5.73 Å². The van der Waals surface area contributed by atoms with Crippen molar-refractivity contribution in [1.29, 1.82) is 0 Å². The molecule has 1 aliphatic rings. The minimum Gasteiger partial charge on any atom is -0.330 e. The normalized spacial score (nSPS) is 25.5. The molecule has 18 heavy (non-hydrogen) atoms. The third-order valence-corrected chi connectivity index (χ3v) is 5.14. The second-order valence-electron chi connectivity index (χ2n) is 4.94. The van der Waals surface area contributed by atoms with Crippen molar-refractivity contribution >= 4 is 10.0 Å². The van der Waals surface area contributed by atoms with Crippen molar-refractivity contribution in [3.8, 4) is 0 Å². The molecule has 0 radical (unpaired) electrons. The molecule has 2 rings (SSSR count). The number of sulfonamides is 1. The van der Waals surface area contributed by atoms with E-state index in [9.17, 15) is 12.8 Å². The molecule has 0 bridgehead atoms. The van der Waals surface area contributed by atoms with E-state index in [1.54, 1.807) is 0 Å². The number of hydrogen-bond acceptors (Lipinski definition) is 4. The zero-order chi connectivity index (χ0) is 13.4. The van der Waals surface area contributed by atoms with Gasteiger partial charge in [-0.1, -0.05) is 6.92 Å². The molecule has 7 heteroatoms. The van der Waals surface area contributed by atoms with Gasteiger partial charge in [-0.3, -0.25) is 4.98 Å². The van der Waals surface area contributed by atoms with Crippen LogP contribution in [-0.4, -0.2) is 37.3 Å². The van der Waals surface area contributed by atoms with Gasteiger partial charge in [0.05, 0.1) is 6.20 Å². The predicted octanol–water partition coefficient (Wildman–Crippen LogP) is 0.580. The molecule has 1 atom stereocenters. The van der Waals surface area contributed by atoms with Crippen molar-refractivity contribution in [1.82, 2.24) is 9.29 Å². The van der Waals surface area contributed by atoms with Crippen LogP contribution in [0.1, 0.15) is 13.3 Å². The Kier molecular flexibility index (Phi) is 3.39. The van der Waals surface area contributed by atoms with Gasteiger partial charge in [-0.2, -0.15) is 4.31 Å². The van der Waals surface area contributed by atoms with Gasteiger partial charge in [-0.05, 0) is 24.4 Å². The number of nitrogens with two attached hydrogens (primary N) is 1. The maximum atomic E-state index is 13.0. The number of rotatable bonds is 3. The Balaban J connectivity index is 2.28. The van der Waals surface area contributed by atoms with Crippen LogP contribution in [0.3, 0.4) is 0 Å². The lowest BCUT2D eigenvalue weighted by atomic mass is 9.90. The first-order valence-electron chi connectivity index (χ1n) is 5.68. The van der Waals surface area contributed by atoms with Crippen molar-refractivity contribution in [2.24, 2.45) is 11.1 Å². The third kappa shape index (κ3) is 2.38. The second kappa shape index (κ2) is 4.56. The van der Waals surface area contributed by atoms with Gasteiger partial charge < -0.3 is 5.73 Å². The lowest BCUT2D eigenvalue weighted by Gasteiger charge is -2.22. The highest BCUT2D eigenvalue weighted by Crippen LogP contribution is 2.32. The molecule has 1 aliphatic heterocycles. The summed E-state index contributed by atoms with van der Waals surface area (Å²) < 4.78 is 38.9. The first-order valence-corrected chi connectivity index (χ1v) is 7.12. The molecule has 5 nitrogen and oxygen atoms in total. The molecule has 0 amide bonds. The molecule has 1 aromatic heterocycles. The van der Waals surface area contributed by atoms with Gasteiger partial charge >= 0.3 is 0 Å². The van der Waals surface area contributed by atoms with E-state index in [1.165, 1.54) is 4.31 Å². The summed E-state index contributed by atoms with van der Waals surface area (Å²) in [5.74, 6) is -0.656. The van der Waals surface area contributed by atoms with Crippen molar-refractivity contribution in [2.45, 2.75) is 18.2 Å². The first-order chi connectivity index (χ1) is 8.37. The van der Waals surface area contributed by atoms with Crippen LogP contribution in [0, 0.1) is 11.2 Å². The zero-order valence-electron chi connectivity index (χ0n) is 10.1. The van der Waals surface area contributed by atoms with E-state index in [4.69, 9.17) is 5.73 Å². The fourth-order valence-corrected chi connectivity index (χ4v) is 3.60. The quantitative estimate of drug-likeness (QED) is 0.874. The maximum Gasteiger partial charge on any atom is 0.244 e. The highest BCUT2D eigenvalue weighted by atomic mass is 32.2. The van der Waals surface area contributed by atoms with Gasteiger partial charge in [-0.25, -0.2) is 12.8 Å². The van der Waals surface area contributed by atoms with Gasteiger partial charge in [0.1, 0.15) is 10.7 Å². The molecule has 2 heterocycles. The van der Waals surface area contributed by atoms with Crippen molar-refractivity contribution in [2.75, 3.05) is 19.6 Å². The molecule has 1 saturated heterocycles. The number of hydrogen-bond donors (Lipinski definition) is 1. The molecule has 1 fully saturated rings. The van der Waals surface area contributed by atoms with Crippen molar-refractivity contribution < 1.29 is 12.8 Å². The van der Waals surface area contributed by atoms with Gasteiger partial charge in [0.25, 0.3) is 0 Å². The van der Waals surface area contributed by atoms with Crippen LogP contribution in [0.2, 0.25) is 0 Å². The molecule has 100 valence electrons. The summed E-state index contributed by atoms with van der Waals surface area (Å²) in [5, 5.41) is 0. The Morgan fingerprint density at radius 2 is 2.28 bits per heavy atom. The summed E-state index contributed by atoms with van der Waals surface area (Å²) in [7, 11) is -3.67. The second-order valence-corrected chi connectivity index (χ2v) is 6.88. The molecular weight excluding hydrogens is 257 g/mol. The van der Waals surface area contributed by atoms with Crippen LogP contribution in [0.5, 0.6) is 0 Å². The van der Waals surface area contributed by atoms with Crippen molar-refractivity contribution in [3.05, 3.63) is 24.3 Å². The predicted molar refractivity (Wildman–Crippen MR) is 64.7 cm³/mol. The molecule has 1 aromatic rings. The van der Waals surface area contributed by atoms with Crippen LogP contribution in [0.4, 0.5) is 4.39 Å². The smallest absolute Gasteiger partial charge is 0.244 e. The van der Waals surface area contributed by atoms with E-state index in [2.05, 4.69) is 4.98 Å². The largest absolute Gasteiger partial charge is 0.330 e. The lowest BCUT2D eigenvalue weighted by Crippen LogP contribution is -2.34. The number of nitrogens with zero attached hydrogens (tertiary/aromatic N) is 2. The highest BCUT2D eigenvalue weighted by Gasteiger charge is 2.39.